The van der Waals surface area contributed by atoms with Crippen LogP contribution in [-0.4, -0.2) is 32.0 Å². The summed E-state index contributed by atoms with van der Waals surface area (Å²) in [6, 6.07) is 0. The first kappa shape index (κ1) is 7.34. The maximum Gasteiger partial charge on any atom is 0.429 e. The average molecular weight is 144 g/mol. The summed E-state index contributed by atoms with van der Waals surface area (Å²) < 4.78 is 9.76. The molecule has 1 unspecified atom stereocenters. The number of nitrogens with zero attached hydrogens (tertiary/aromatic N) is 1. The summed E-state index contributed by atoms with van der Waals surface area (Å²) in [4.78, 5) is 10.4. The molecular formula is C6H10NO3. The zero-order valence-electron chi connectivity index (χ0n) is 5.87. The molecule has 0 spiro atoms. The predicted molar refractivity (Wildman–Crippen MR) is 33.8 cm³/mol. The maximum absolute atomic E-state index is 10.4. The summed E-state index contributed by atoms with van der Waals surface area (Å²) in [5.41, 5.74) is 0. The van der Waals surface area contributed by atoms with Gasteiger partial charge in [0.25, 0.3) is 0 Å². The highest BCUT2D eigenvalue weighted by molar-refractivity contribution is 5.68. The Balaban J connectivity index is 2.12. The van der Waals surface area contributed by atoms with Gasteiger partial charge in [0.1, 0.15) is 6.10 Å². The van der Waals surface area contributed by atoms with E-state index in [1.807, 2.05) is 6.92 Å². The van der Waals surface area contributed by atoms with Crippen molar-refractivity contribution >= 4 is 6.09 Å². The summed E-state index contributed by atoms with van der Waals surface area (Å²) in [7, 11) is 0. The molecule has 1 rings (SSSR count). The summed E-state index contributed by atoms with van der Waals surface area (Å²) in [6.45, 7) is 3.45. The van der Waals surface area contributed by atoms with Gasteiger partial charge < -0.3 is 9.47 Å². The summed E-state index contributed by atoms with van der Waals surface area (Å²) in [5.74, 6) is 0. The van der Waals surface area contributed by atoms with E-state index in [1.54, 1.807) is 0 Å². The second-order valence-electron chi connectivity index (χ2n) is 2.01. The zero-order valence-corrected chi connectivity index (χ0v) is 5.87. The lowest BCUT2D eigenvalue weighted by atomic mass is 10.4. The first-order chi connectivity index (χ1) is 4.83. The van der Waals surface area contributed by atoms with Crippen molar-refractivity contribution < 1.29 is 14.3 Å². The van der Waals surface area contributed by atoms with Crippen LogP contribution in [0.15, 0.2) is 0 Å². The van der Waals surface area contributed by atoms with Gasteiger partial charge in [0.05, 0.1) is 13.2 Å². The van der Waals surface area contributed by atoms with E-state index in [2.05, 4.69) is 5.32 Å². The molecule has 4 heteroatoms. The van der Waals surface area contributed by atoms with Gasteiger partial charge in [-0.25, -0.2) is 10.1 Å². The highest BCUT2D eigenvalue weighted by atomic mass is 16.6. The molecule has 1 aliphatic heterocycles. The van der Waals surface area contributed by atoms with Gasteiger partial charge in [-0.3, -0.25) is 0 Å². The number of hydrogen-bond acceptors (Lipinski definition) is 3. The van der Waals surface area contributed by atoms with Crippen LogP contribution in [0.25, 0.3) is 0 Å². The second-order valence-corrected chi connectivity index (χ2v) is 2.01. The summed E-state index contributed by atoms with van der Waals surface area (Å²) in [6.07, 6.45) is -0.614. The normalized spacial score (nSPS) is 24.1. The Bertz CT molecular complexity index is 126. The fourth-order valence-electron chi connectivity index (χ4n) is 0.729. The summed E-state index contributed by atoms with van der Waals surface area (Å²) >= 11 is 0. The first-order valence-corrected chi connectivity index (χ1v) is 3.28. The quantitative estimate of drug-likeness (QED) is 0.566. The number of carbonyl (C=O) groups is 1. The highest BCUT2D eigenvalue weighted by Crippen LogP contribution is 2.01. The Morgan fingerprint density at radius 3 is 3.20 bits per heavy atom. The molecule has 1 atom stereocenters. The largest absolute Gasteiger partial charge is 0.440 e. The van der Waals surface area contributed by atoms with Crippen molar-refractivity contribution in [2.24, 2.45) is 0 Å². The van der Waals surface area contributed by atoms with E-state index in [0.717, 1.165) is 0 Å². The second kappa shape index (κ2) is 3.41. The third-order valence-corrected chi connectivity index (χ3v) is 1.20. The fraction of sp³-hybridized carbons (Fsp3) is 0.833. The van der Waals surface area contributed by atoms with Gasteiger partial charge in [0, 0.05) is 6.61 Å². The van der Waals surface area contributed by atoms with Crippen molar-refractivity contribution in [3.8, 4) is 0 Å². The Morgan fingerprint density at radius 2 is 2.70 bits per heavy atom. The Morgan fingerprint density at radius 1 is 1.90 bits per heavy atom. The summed E-state index contributed by atoms with van der Waals surface area (Å²) in [5, 5.41) is 3.53. The Hall–Kier alpha value is -0.770. The van der Waals surface area contributed by atoms with Crippen LogP contribution in [0.1, 0.15) is 6.92 Å². The van der Waals surface area contributed by atoms with E-state index in [9.17, 15) is 4.79 Å². The number of ether oxygens (including phenoxy) is 2. The lowest BCUT2D eigenvalue weighted by Gasteiger charge is -2.05. The van der Waals surface area contributed by atoms with Crippen LogP contribution in [0.4, 0.5) is 4.79 Å². The van der Waals surface area contributed by atoms with Crippen LogP contribution in [-0.2, 0) is 9.47 Å². The lowest BCUT2D eigenvalue weighted by Crippen LogP contribution is -2.18. The van der Waals surface area contributed by atoms with Crippen LogP contribution in [0, 0.1) is 0 Å². The van der Waals surface area contributed by atoms with Crippen molar-refractivity contribution in [1.29, 1.82) is 0 Å². The molecule has 1 radical (unpaired) electrons. The molecule has 0 aromatic carbocycles. The minimum absolute atomic E-state index is 0.146. The molecule has 0 N–H and O–H groups in total. The van der Waals surface area contributed by atoms with Crippen LogP contribution in [0.3, 0.4) is 0 Å². The molecule has 1 heterocycles. The molecule has 1 saturated heterocycles. The molecule has 1 amide bonds. The van der Waals surface area contributed by atoms with Crippen molar-refractivity contribution in [3.05, 3.63) is 0 Å². The monoisotopic (exact) mass is 144 g/mol. The van der Waals surface area contributed by atoms with Gasteiger partial charge in [-0.1, -0.05) is 0 Å². The zero-order chi connectivity index (χ0) is 7.40. The predicted octanol–water partition coefficient (Wildman–Crippen LogP) is 0.146. The molecule has 4 nitrogen and oxygen atoms in total. The van der Waals surface area contributed by atoms with E-state index in [4.69, 9.17) is 9.47 Å². The van der Waals surface area contributed by atoms with Crippen molar-refractivity contribution in [1.82, 2.24) is 5.32 Å². The smallest absolute Gasteiger partial charge is 0.429 e. The number of carbonyl (C=O) groups excluding carboxylic acids is 1. The lowest BCUT2D eigenvalue weighted by molar-refractivity contribution is 0.0516. The molecule has 0 bridgehead atoms. The highest BCUT2D eigenvalue weighted by Gasteiger charge is 2.23. The van der Waals surface area contributed by atoms with Crippen molar-refractivity contribution in [2.75, 3.05) is 19.8 Å². The van der Waals surface area contributed by atoms with Crippen molar-refractivity contribution in [3.63, 3.8) is 0 Å². The number of hydrogen-bond donors (Lipinski definition) is 0. The molecule has 1 fully saturated rings. The van der Waals surface area contributed by atoms with Crippen LogP contribution >= 0.6 is 0 Å². The van der Waals surface area contributed by atoms with Gasteiger partial charge in [-0.2, -0.15) is 0 Å². The third kappa shape index (κ3) is 1.88. The minimum Gasteiger partial charge on any atom is -0.440 e. The van der Waals surface area contributed by atoms with Gasteiger partial charge >= 0.3 is 6.09 Å². The van der Waals surface area contributed by atoms with Gasteiger partial charge in [0.15, 0.2) is 0 Å². The van der Waals surface area contributed by atoms with Crippen molar-refractivity contribution in [2.45, 2.75) is 13.0 Å². The molecule has 57 valence electrons. The number of amides is 1. The van der Waals surface area contributed by atoms with E-state index in [0.29, 0.717) is 19.8 Å². The van der Waals surface area contributed by atoms with Gasteiger partial charge in [0.2, 0.25) is 0 Å². The van der Waals surface area contributed by atoms with E-state index < -0.39 is 6.09 Å². The molecule has 10 heavy (non-hydrogen) atoms. The SMILES string of the molecule is CCOCC1C[N]C(=O)O1. The first-order valence-electron chi connectivity index (χ1n) is 3.28. The van der Waals surface area contributed by atoms with Gasteiger partial charge in [-0.05, 0) is 6.92 Å². The maximum atomic E-state index is 10.4. The number of rotatable bonds is 3. The topological polar surface area (TPSA) is 49.6 Å². The molecule has 0 aliphatic carbocycles. The van der Waals surface area contributed by atoms with E-state index in [1.165, 1.54) is 0 Å². The fourth-order valence-corrected chi connectivity index (χ4v) is 0.729. The minimum atomic E-state index is -0.468. The number of cyclic esters (lactones) is 1. The van der Waals surface area contributed by atoms with Crippen LogP contribution in [0.2, 0.25) is 0 Å². The molecular weight excluding hydrogens is 134 g/mol. The Labute approximate surface area is 59.5 Å². The van der Waals surface area contributed by atoms with Gasteiger partial charge in [-0.15, -0.1) is 0 Å². The average Bonchev–Trinajstić information content (AvgIpc) is 2.31. The van der Waals surface area contributed by atoms with Crippen LogP contribution < -0.4 is 5.32 Å². The molecule has 0 aromatic rings. The third-order valence-electron chi connectivity index (χ3n) is 1.20. The standard InChI is InChI=1S/C6H10NO3/c1-2-9-4-5-3-7-6(8)10-5/h5H,2-4H2,1H3. The molecule has 0 saturated carbocycles. The molecule has 0 aromatic heterocycles. The molecule has 1 aliphatic rings. The Kier molecular flexibility index (Phi) is 2.50. The van der Waals surface area contributed by atoms with E-state index in [-0.39, 0.29) is 6.10 Å². The van der Waals surface area contributed by atoms with Crippen LogP contribution in [0.5, 0.6) is 0 Å². The van der Waals surface area contributed by atoms with E-state index >= 15 is 0 Å².